The molecule has 0 aromatic heterocycles. The standard InChI is InChI=1S/C6H8O/c1-3-6(2)4-5-7-6/h3H2,1-2H3. The van der Waals surface area contributed by atoms with E-state index in [1.807, 2.05) is 6.92 Å². The zero-order valence-corrected chi connectivity index (χ0v) is 4.62. The first-order valence-electron chi connectivity index (χ1n) is 2.47. The van der Waals surface area contributed by atoms with Gasteiger partial charge < -0.3 is 4.74 Å². The summed E-state index contributed by atoms with van der Waals surface area (Å²) in [5, 5.41) is 0. The zero-order valence-electron chi connectivity index (χ0n) is 4.62. The lowest BCUT2D eigenvalue weighted by molar-refractivity contribution is 0.0814. The van der Waals surface area contributed by atoms with Crippen molar-refractivity contribution in [1.29, 1.82) is 0 Å². The van der Waals surface area contributed by atoms with Crippen molar-refractivity contribution in [2.75, 3.05) is 0 Å². The van der Waals surface area contributed by atoms with Crippen molar-refractivity contribution in [2.45, 2.75) is 25.9 Å². The van der Waals surface area contributed by atoms with Gasteiger partial charge in [-0.25, -0.2) is 0 Å². The number of rotatable bonds is 1. The van der Waals surface area contributed by atoms with Crippen LogP contribution in [0.3, 0.4) is 0 Å². The molecule has 1 atom stereocenters. The first-order valence-corrected chi connectivity index (χ1v) is 2.47. The molecule has 0 saturated heterocycles. The van der Waals surface area contributed by atoms with Gasteiger partial charge in [0, 0.05) is 0 Å². The molecule has 0 N–H and O–H groups in total. The van der Waals surface area contributed by atoms with Crippen LogP contribution in [0.5, 0.6) is 0 Å². The van der Waals surface area contributed by atoms with Gasteiger partial charge in [0.05, 0.1) is 0 Å². The first kappa shape index (κ1) is 4.52. The molecule has 0 spiro atoms. The Morgan fingerprint density at radius 3 is 2.29 bits per heavy atom. The molecule has 1 nitrogen and oxygen atoms in total. The lowest BCUT2D eigenvalue weighted by atomic mass is 10.0. The maximum atomic E-state index is 4.91. The molecular formula is C6H8O. The van der Waals surface area contributed by atoms with E-state index in [4.69, 9.17) is 4.74 Å². The van der Waals surface area contributed by atoms with Crippen LogP contribution in [0.1, 0.15) is 20.3 Å². The van der Waals surface area contributed by atoms with Crippen LogP contribution in [-0.4, -0.2) is 5.60 Å². The maximum absolute atomic E-state index is 4.91. The minimum absolute atomic E-state index is 0.0972. The van der Waals surface area contributed by atoms with E-state index in [0.29, 0.717) is 0 Å². The van der Waals surface area contributed by atoms with Gasteiger partial charge >= 0.3 is 0 Å². The Bertz CT molecular complexity index is 129. The molecule has 0 bridgehead atoms. The smallest absolute Gasteiger partial charge is 0.181 e. The fourth-order valence-electron chi connectivity index (χ4n) is 0.386. The average molecular weight is 96.1 g/mol. The van der Waals surface area contributed by atoms with Gasteiger partial charge in [0.1, 0.15) is 6.11 Å². The van der Waals surface area contributed by atoms with Gasteiger partial charge in [0.15, 0.2) is 5.60 Å². The second kappa shape index (κ2) is 1.16. The topological polar surface area (TPSA) is 9.23 Å². The van der Waals surface area contributed by atoms with E-state index in [1.165, 1.54) is 0 Å². The molecule has 1 aliphatic heterocycles. The molecule has 1 aliphatic rings. The molecule has 1 heterocycles. The van der Waals surface area contributed by atoms with E-state index in [0.717, 1.165) is 6.42 Å². The van der Waals surface area contributed by atoms with Gasteiger partial charge in [-0.05, 0) is 19.3 Å². The predicted molar refractivity (Wildman–Crippen MR) is 27.6 cm³/mol. The number of ether oxygens (including phenoxy) is 1. The minimum atomic E-state index is -0.0972. The molecule has 0 aromatic carbocycles. The van der Waals surface area contributed by atoms with E-state index in [9.17, 15) is 0 Å². The minimum Gasteiger partial charge on any atom is -0.427 e. The Hall–Kier alpha value is -0.640. The van der Waals surface area contributed by atoms with Gasteiger partial charge in [-0.2, -0.15) is 0 Å². The predicted octanol–water partition coefficient (Wildman–Crippen LogP) is 1.15. The Labute approximate surface area is 43.7 Å². The summed E-state index contributed by atoms with van der Waals surface area (Å²) in [7, 11) is 0. The fourth-order valence-corrected chi connectivity index (χ4v) is 0.386. The molecule has 0 aromatic rings. The Morgan fingerprint density at radius 1 is 1.71 bits per heavy atom. The van der Waals surface area contributed by atoms with Crippen molar-refractivity contribution < 1.29 is 4.74 Å². The summed E-state index contributed by atoms with van der Waals surface area (Å²) in [6.45, 7) is 4.05. The second-order valence-electron chi connectivity index (χ2n) is 1.91. The largest absolute Gasteiger partial charge is 0.427 e. The van der Waals surface area contributed by atoms with Crippen molar-refractivity contribution in [3.63, 3.8) is 0 Å². The number of hydrogen-bond donors (Lipinski definition) is 0. The molecule has 1 heteroatoms. The summed E-state index contributed by atoms with van der Waals surface area (Å²) >= 11 is 0. The van der Waals surface area contributed by atoms with Crippen LogP contribution >= 0.6 is 0 Å². The van der Waals surface area contributed by atoms with Gasteiger partial charge in [-0.1, -0.05) is 6.92 Å². The highest BCUT2D eigenvalue weighted by atomic mass is 16.5. The molecule has 7 heavy (non-hydrogen) atoms. The van der Waals surface area contributed by atoms with E-state index < -0.39 is 0 Å². The van der Waals surface area contributed by atoms with Crippen LogP contribution in [0.2, 0.25) is 0 Å². The van der Waals surface area contributed by atoms with E-state index in [-0.39, 0.29) is 5.60 Å². The lowest BCUT2D eigenvalue weighted by Crippen LogP contribution is -2.29. The monoisotopic (exact) mass is 96.1 g/mol. The number of hydrogen-bond acceptors (Lipinski definition) is 1. The maximum Gasteiger partial charge on any atom is 0.181 e. The Balaban J connectivity index is 2.54. The van der Waals surface area contributed by atoms with Gasteiger partial charge in [-0.3, -0.25) is 0 Å². The third-order valence-corrected chi connectivity index (χ3v) is 1.27. The van der Waals surface area contributed by atoms with Gasteiger partial charge in [0.25, 0.3) is 0 Å². The van der Waals surface area contributed by atoms with Gasteiger partial charge in [-0.15, -0.1) is 0 Å². The molecule has 0 saturated carbocycles. The molecule has 0 aliphatic carbocycles. The van der Waals surface area contributed by atoms with Crippen LogP contribution in [0.15, 0.2) is 0 Å². The average Bonchev–Trinajstić information content (AvgIpc) is 1.61. The highest BCUT2D eigenvalue weighted by Gasteiger charge is 2.25. The normalized spacial score (nSPS) is 34.6. The highest BCUT2D eigenvalue weighted by molar-refractivity contribution is 5.18. The van der Waals surface area contributed by atoms with Crippen LogP contribution < -0.4 is 0 Å². The molecule has 0 amide bonds. The van der Waals surface area contributed by atoms with Crippen molar-refractivity contribution in [2.24, 2.45) is 0 Å². The van der Waals surface area contributed by atoms with Crippen LogP contribution in [0.25, 0.3) is 0 Å². The molecule has 1 rings (SSSR count). The van der Waals surface area contributed by atoms with Crippen LogP contribution in [0.4, 0.5) is 0 Å². The van der Waals surface area contributed by atoms with E-state index in [1.54, 1.807) is 0 Å². The van der Waals surface area contributed by atoms with Crippen molar-refractivity contribution >= 4 is 0 Å². The van der Waals surface area contributed by atoms with Crippen molar-refractivity contribution in [1.82, 2.24) is 0 Å². The van der Waals surface area contributed by atoms with Crippen LogP contribution in [0, 0.1) is 12.0 Å². The summed E-state index contributed by atoms with van der Waals surface area (Å²) in [4.78, 5) is 0. The SMILES string of the molecule is CCC1(C)C#CO1. The first-order chi connectivity index (χ1) is 3.27. The molecule has 38 valence electrons. The highest BCUT2D eigenvalue weighted by Crippen LogP contribution is 2.17. The lowest BCUT2D eigenvalue weighted by Gasteiger charge is -2.23. The molecule has 0 radical (unpaired) electrons. The summed E-state index contributed by atoms with van der Waals surface area (Å²) < 4.78 is 4.91. The van der Waals surface area contributed by atoms with E-state index >= 15 is 0 Å². The quantitative estimate of drug-likeness (QED) is 0.445. The Kier molecular flexibility index (Phi) is 0.751. The van der Waals surface area contributed by atoms with Crippen molar-refractivity contribution in [3.05, 3.63) is 0 Å². The van der Waals surface area contributed by atoms with Crippen LogP contribution in [-0.2, 0) is 4.74 Å². The fraction of sp³-hybridized carbons (Fsp3) is 0.667. The summed E-state index contributed by atoms with van der Waals surface area (Å²) in [6.07, 6.45) is 3.49. The summed E-state index contributed by atoms with van der Waals surface area (Å²) in [5.74, 6) is 2.90. The Morgan fingerprint density at radius 2 is 2.29 bits per heavy atom. The second-order valence-corrected chi connectivity index (χ2v) is 1.91. The van der Waals surface area contributed by atoms with Crippen molar-refractivity contribution in [3.8, 4) is 12.0 Å². The molecular weight excluding hydrogens is 88.1 g/mol. The zero-order chi connectivity index (χ0) is 5.33. The summed E-state index contributed by atoms with van der Waals surface area (Å²) in [5.41, 5.74) is -0.0972. The summed E-state index contributed by atoms with van der Waals surface area (Å²) in [6, 6.07) is 0. The third-order valence-electron chi connectivity index (χ3n) is 1.27. The molecule has 0 fully saturated rings. The van der Waals surface area contributed by atoms with E-state index in [2.05, 4.69) is 19.0 Å². The van der Waals surface area contributed by atoms with Gasteiger partial charge in [0.2, 0.25) is 0 Å². The third kappa shape index (κ3) is 0.564. The molecule has 1 unspecified atom stereocenters.